The summed E-state index contributed by atoms with van der Waals surface area (Å²) in [7, 11) is 6.13. The van der Waals surface area contributed by atoms with Crippen molar-refractivity contribution in [3.63, 3.8) is 0 Å². The van der Waals surface area contributed by atoms with E-state index in [1.807, 2.05) is 62.6 Å². The second-order valence-corrected chi connectivity index (χ2v) is 8.51. The summed E-state index contributed by atoms with van der Waals surface area (Å²) < 4.78 is 1.05. The number of nitrogens with two attached hydrogens (primary N) is 1. The van der Waals surface area contributed by atoms with Gasteiger partial charge in [0.1, 0.15) is 0 Å². The quantitative estimate of drug-likeness (QED) is 0.529. The van der Waals surface area contributed by atoms with Gasteiger partial charge < -0.3 is 26.2 Å². The van der Waals surface area contributed by atoms with Crippen LogP contribution < -0.4 is 16.4 Å². The van der Waals surface area contributed by atoms with Crippen molar-refractivity contribution in [3.8, 4) is 0 Å². The third-order valence-electron chi connectivity index (χ3n) is 5.37. The molecule has 172 valence electrons. The van der Waals surface area contributed by atoms with Gasteiger partial charge in [0.05, 0.1) is 0 Å². The van der Waals surface area contributed by atoms with Crippen molar-refractivity contribution in [2.45, 2.75) is 19.4 Å². The molecule has 1 aliphatic rings. The molecule has 0 atom stereocenters. The molecule has 0 aliphatic carbocycles. The Labute approximate surface area is 193 Å². The minimum atomic E-state index is -0.473. The van der Waals surface area contributed by atoms with Gasteiger partial charge in [-0.1, -0.05) is 24.3 Å². The van der Waals surface area contributed by atoms with Crippen molar-refractivity contribution in [2.24, 2.45) is 0 Å². The van der Waals surface area contributed by atoms with Gasteiger partial charge in [0.15, 0.2) is 0 Å². The number of anilines is 4. The SMILES string of the molecule is CN(C)Cc1ccc(Nc2nc(N)n(C(=O)Nc3ccc(C4=CN(C)CCC4)cc3)n2)cc1. The highest BCUT2D eigenvalue weighted by atomic mass is 16.2. The predicted octanol–water partition coefficient (Wildman–Crippen LogP) is 3.81. The maximum atomic E-state index is 12.7. The fourth-order valence-corrected chi connectivity index (χ4v) is 3.79. The Morgan fingerprint density at radius 2 is 1.79 bits per heavy atom. The first-order chi connectivity index (χ1) is 15.9. The summed E-state index contributed by atoms with van der Waals surface area (Å²) in [5.41, 5.74) is 11.1. The molecule has 0 bridgehead atoms. The number of nitrogen functional groups attached to an aromatic ring is 1. The lowest BCUT2D eigenvalue weighted by atomic mass is 9.99. The van der Waals surface area contributed by atoms with Crippen molar-refractivity contribution < 1.29 is 4.79 Å². The number of nitrogens with one attached hydrogen (secondary N) is 2. The van der Waals surface area contributed by atoms with Gasteiger partial charge in [-0.15, -0.1) is 9.78 Å². The number of aromatic nitrogens is 3. The van der Waals surface area contributed by atoms with Gasteiger partial charge in [-0.2, -0.15) is 4.98 Å². The molecule has 1 aromatic heterocycles. The van der Waals surface area contributed by atoms with E-state index in [-0.39, 0.29) is 11.9 Å². The third-order valence-corrected chi connectivity index (χ3v) is 5.37. The molecule has 0 spiro atoms. The van der Waals surface area contributed by atoms with Gasteiger partial charge in [0.25, 0.3) is 0 Å². The van der Waals surface area contributed by atoms with Crippen LogP contribution in [-0.4, -0.2) is 58.3 Å². The topological polar surface area (TPSA) is 104 Å². The Bertz CT molecular complexity index is 1130. The van der Waals surface area contributed by atoms with Gasteiger partial charge in [-0.25, -0.2) is 4.79 Å². The lowest BCUT2D eigenvalue weighted by Gasteiger charge is -2.22. The first-order valence-corrected chi connectivity index (χ1v) is 10.9. The average molecular weight is 447 g/mol. The monoisotopic (exact) mass is 446 g/mol. The summed E-state index contributed by atoms with van der Waals surface area (Å²) in [4.78, 5) is 21.2. The van der Waals surface area contributed by atoms with E-state index in [9.17, 15) is 4.79 Å². The molecule has 2 aromatic carbocycles. The first-order valence-electron chi connectivity index (χ1n) is 10.9. The zero-order chi connectivity index (χ0) is 23.4. The van der Waals surface area contributed by atoms with E-state index in [4.69, 9.17) is 5.73 Å². The van der Waals surface area contributed by atoms with Crippen molar-refractivity contribution >= 4 is 34.9 Å². The van der Waals surface area contributed by atoms with Gasteiger partial charge >= 0.3 is 6.03 Å². The van der Waals surface area contributed by atoms with Crippen LogP contribution in [0.1, 0.15) is 24.0 Å². The summed E-state index contributed by atoms with van der Waals surface area (Å²) in [5.74, 6) is 0.262. The fraction of sp³-hybridized carbons (Fsp3) is 0.292. The van der Waals surface area contributed by atoms with Gasteiger partial charge in [-0.3, -0.25) is 0 Å². The van der Waals surface area contributed by atoms with E-state index in [2.05, 4.69) is 43.8 Å². The Hall–Kier alpha value is -3.85. The normalized spacial score (nSPS) is 13.7. The number of rotatable bonds is 6. The molecule has 9 nitrogen and oxygen atoms in total. The van der Waals surface area contributed by atoms with Crippen molar-refractivity contribution in [3.05, 3.63) is 65.9 Å². The molecule has 0 unspecified atom stereocenters. The van der Waals surface area contributed by atoms with E-state index in [0.29, 0.717) is 5.69 Å². The summed E-state index contributed by atoms with van der Waals surface area (Å²) in [5, 5.41) is 10.1. The number of hydrogen-bond donors (Lipinski definition) is 3. The number of carbonyl (C=O) groups is 1. The average Bonchev–Trinajstić information content (AvgIpc) is 3.15. The number of hydrogen-bond acceptors (Lipinski definition) is 7. The molecule has 33 heavy (non-hydrogen) atoms. The third kappa shape index (κ3) is 5.69. The standard InChI is InChI=1S/C24H30N8O/c1-30(2)15-17-6-10-20(11-7-17)26-23-28-22(25)32(29-23)24(33)27-21-12-8-18(9-13-21)19-5-4-14-31(3)16-19/h6-13,16H,4-5,14-15H2,1-3H3,(H,27,33)(H3,25,26,28,29). The molecule has 4 N–H and O–H groups in total. The summed E-state index contributed by atoms with van der Waals surface area (Å²) >= 11 is 0. The maximum absolute atomic E-state index is 12.7. The molecule has 1 aliphatic heterocycles. The van der Waals surface area contributed by atoms with Crippen LogP contribution in [0.5, 0.6) is 0 Å². The molecule has 1 amide bonds. The Morgan fingerprint density at radius 3 is 2.45 bits per heavy atom. The molecule has 0 saturated carbocycles. The number of carbonyl (C=O) groups excluding carboxylic acids is 1. The van der Waals surface area contributed by atoms with E-state index < -0.39 is 6.03 Å². The van der Waals surface area contributed by atoms with Gasteiger partial charge in [-0.05, 0) is 67.9 Å². The largest absolute Gasteiger partial charge is 0.380 e. The Kier molecular flexibility index (Phi) is 6.60. The minimum absolute atomic E-state index is 0.00578. The fourth-order valence-electron chi connectivity index (χ4n) is 3.79. The minimum Gasteiger partial charge on any atom is -0.380 e. The van der Waals surface area contributed by atoms with E-state index in [0.717, 1.165) is 41.9 Å². The van der Waals surface area contributed by atoms with Crippen molar-refractivity contribution in [2.75, 3.05) is 44.1 Å². The molecular weight excluding hydrogens is 416 g/mol. The van der Waals surface area contributed by atoms with Crippen molar-refractivity contribution in [1.29, 1.82) is 0 Å². The molecule has 4 rings (SSSR count). The Balaban J connectivity index is 1.40. The number of nitrogens with zero attached hydrogens (tertiary/aromatic N) is 5. The van der Waals surface area contributed by atoms with Crippen LogP contribution in [0.15, 0.2) is 54.7 Å². The van der Waals surface area contributed by atoms with E-state index in [1.165, 1.54) is 11.1 Å². The predicted molar refractivity (Wildman–Crippen MR) is 132 cm³/mol. The van der Waals surface area contributed by atoms with Crippen LogP contribution in [0.3, 0.4) is 0 Å². The highest BCUT2D eigenvalue weighted by Gasteiger charge is 2.15. The van der Waals surface area contributed by atoms with Crippen LogP contribution >= 0.6 is 0 Å². The molecule has 3 aromatic rings. The van der Waals surface area contributed by atoms with Crippen molar-refractivity contribution in [1.82, 2.24) is 24.6 Å². The summed E-state index contributed by atoms with van der Waals surface area (Å²) in [6, 6.07) is 15.2. The molecule has 9 heteroatoms. The van der Waals surface area contributed by atoms with Gasteiger partial charge in [0, 0.05) is 37.7 Å². The highest BCUT2D eigenvalue weighted by molar-refractivity contribution is 5.92. The molecular formula is C24H30N8O. The number of allylic oxidation sites excluding steroid dienone is 1. The maximum Gasteiger partial charge on any atom is 0.349 e. The zero-order valence-corrected chi connectivity index (χ0v) is 19.2. The molecule has 2 heterocycles. The summed E-state index contributed by atoms with van der Waals surface area (Å²) in [6.07, 6.45) is 4.38. The number of amides is 1. The lowest BCUT2D eigenvalue weighted by Crippen LogP contribution is -2.22. The van der Waals surface area contributed by atoms with Crippen LogP contribution in [0.25, 0.3) is 5.57 Å². The number of benzene rings is 2. The van der Waals surface area contributed by atoms with Crippen LogP contribution in [0, 0.1) is 0 Å². The molecule has 0 radical (unpaired) electrons. The van der Waals surface area contributed by atoms with E-state index >= 15 is 0 Å². The van der Waals surface area contributed by atoms with Crippen LogP contribution in [0.2, 0.25) is 0 Å². The Morgan fingerprint density at radius 1 is 1.09 bits per heavy atom. The van der Waals surface area contributed by atoms with Gasteiger partial charge in [0.2, 0.25) is 11.9 Å². The van der Waals surface area contributed by atoms with E-state index in [1.54, 1.807) is 0 Å². The second kappa shape index (κ2) is 9.74. The van der Waals surface area contributed by atoms with Crippen LogP contribution in [-0.2, 0) is 6.54 Å². The molecule has 0 saturated heterocycles. The zero-order valence-electron chi connectivity index (χ0n) is 19.2. The lowest BCUT2D eigenvalue weighted by molar-refractivity contribution is 0.251. The van der Waals surface area contributed by atoms with Crippen LogP contribution in [0.4, 0.5) is 28.1 Å². The smallest absolute Gasteiger partial charge is 0.349 e. The second-order valence-electron chi connectivity index (χ2n) is 8.51. The first kappa shape index (κ1) is 22.3. The molecule has 0 fully saturated rings. The summed E-state index contributed by atoms with van der Waals surface area (Å²) in [6.45, 7) is 1.94. The highest BCUT2D eigenvalue weighted by Crippen LogP contribution is 2.25.